The van der Waals surface area contributed by atoms with Crippen LogP contribution >= 0.6 is 0 Å². The largest absolute Gasteiger partial charge is 0.461 e. The summed E-state index contributed by atoms with van der Waals surface area (Å²) in [5, 5.41) is 0.696. The van der Waals surface area contributed by atoms with E-state index in [1.807, 2.05) is 24.4 Å². The Morgan fingerprint density at radius 3 is 2.49 bits per heavy atom. The Kier molecular flexibility index (Phi) is 5.45. The van der Waals surface area contributed by atoms with Crippen LogP contribution in [0.1, 0.15) is 70.3 Å². The Morgan fingerprint density at radius 1 is 1.00 bits per heavy atom. The smallest absolute Gasteiger partial charge is 0.319 e. The molecular formula is C32H38FN5O. The first-order valence-corrected chi connectivity index (χ1v) is 15.1. The Balaban J connectivity index is 1.23. The fourth-order valence-electron chi connectivity index (χ4n) is 8.23. The van der Waals surface area contributed by atoms with Gasteiger partial charge in [0.25, 0.3) is 0 Å². The van der Waals surface area contributed by atoms with Gasteiger partial charge in [0.1, 0.15) is 23.6 Å². The topological polar surface area (TPSA) is 54.4 Å². The van der Waals surface area contributed by atoms with Crippen molar-refractivity contribution < 1.29 is 9.13 Å². The van der Waals surface area contributed by atoms with E-state index in [2.05, 4.69) is 22.8 Å². The highest BCUT2D eigenvalue weighted by Gasteiger charge is 2.45. The molecule has 0 N–H and O–H groups in total. The molecule has 2 bridgehead atoms. The Morgan fingerprint density at radius 2 is 1.74 bits per heavy atom. The van der Waals surface area contributed by atoms with E-state index in [0.717, 1.165) is 63.2 Å². The van der Waals surface area contributed by atoms with Gasteiger partial charge in [-0.25, -0.2) is 4.39 Å². The minimum atomic E-state index is -0.362. The van der Waals surface area contributed by atoms with Gasteiger partial charge in [0.05, 0.1) is 10.9 Å². The van der Waals surface area contributed by atoms with E-state index in [1.165, 1.54) is 37.7 Å². The van der Waals surface area contributed by atoms with E-state index < -0.39 is 0 Å². The second-order valence-electron chi connectivity index (χ2n) is 13.3. The number of anilines is 1. The van der Waals surface area contributed by atoms with Crippen LogP contribution in [0.2, 0.25) is 0 Å². The third-order valence-electron chi connectivity index (χ3n) is 10.7. The molecule has 3 aromatic rings. The van der Waals surface area contributed by atoms with Crippen molar-refractivity contribution in [3.05, 3.63) is 41.8 Å². The summed E-state index contributed by atoms with van der Waals surface area (Å²) in [5.74, 6) is 1.80. The molecule has 5 heterocycles. The number of aromatic nitrogens is 3. The molecule has 2 atom stereocenters. The molecule has 0 radical (unpaired) electrons. The first-order chi connectivity index (χ1) is 19.0. The summed E-state index contributed by atoms with van der Waals surface area (Å²) in [6.45, 7) is 7.05. The number of rotatable bonds is 6. The molecule has 2 aromatic heterocycles. The summed E-state index contributed by atoms with van der Waals surface area (Å²) in [4.78, 5) is 19.4. The number of pyridine rings is 1. The average molecular weight is 528 g/mol. The van der Waals surface area contributed by atoms with Crippen LogP contribution in [-0.4, -0.2) is 58.2 Å². The van der Waals surface area contributed by atoms with Crippen molar-refractivity contribution in [1.29, 1.82) is 0 Å². The predicted molar refractivity (Wildman–Crippen MR) is 151 cm³/mol. The molecule has 39 heavy (non-hydrogen) atoms. The summed E-state index contributed by atoms with van der Waals surface area (Å²) >= 11 is 0. The van der Waals surface area contributed by atoms with Gasteiger partial charge < -0.3 is 9.64 Å². The van der Waals surface area contributed by atoms with Gasteiger partial charge in [0.15, 0.2) is 5.82 Å². The van der Waals surface area contributed by atoms with Gasteiger partial charge in [-0.15, -0.1) is 0 Å². The van der Waals surface area contributed by atoms with Crippen LogP contribution in [-0.2, 0) is 5.41 Å². The first kappa shape index (κ1) is 24.0. The van der Waals surface area contributed by atoms with Crippen molar-refractivity contribution in [3.8, 4) is 17.3 Å². The predicted octanol–water partition coefficient (Wildman–Crippen LogP) is 6.13. The number of piperidine rings is 1. The number of benzene rings is 1. The van der Waals surface area contributed by atoms with Gasteiger partial charge in [0, 0.05) is 24.8 Å². The van der Waals surface area contributed by atoms with E-state index in [4.69, 9.17) is 19.7 Å². The van der Waals surface area contributed by atoms with Gasteiger partial charge in [-0.2, -0.15) is 9.97 Å². The molecule has 8 rings (SSSR count). The molecule has 7 heteroatoms. The van der Waals surface area contributed by atoms with Gasteiger partial charge >= 0.3 is 6.01 Å². The summed E-state index contributed by atoms with van der Waals surface area (Å²) in [6, 6.07) is 8.47. The quantitative estimate of drug-likeness (QED) is 0.385. The Bertz CT molecular complexity index is 1420. The minimum absolute atomic E-state index is 0.0866. The molecule has 0 spiro atoms. The standard InChI is InChI=1S/C32H38FN5O/c1-31(12-13-31)25-7-3-2-6-23(25)27-26(33)28-24(17-34-27)29(37-18-21-8-9-22(16-21)19-37)36-30(35-28)39-20-32-10-4-14-38(32)15-5-11-32/h2-3,6-7,17,21-22H,4-5,8-16,18-20H2,1H3. The van der Waals surface area contributed by atoms with Crippen molar-refractivity contribution >= 4 is 16.7 Å². The van der Waals surface area contributed by atoms with Gasteiger partial charge in [0.2, 0.25) is 0 Å². The molecular weight excluding hydrogens is 489 g/mol. The lowest BCUT2D eigenvalue weighted by Gasteiger charge is -2.34. The highest BCUT2D eigenvalue weighted by atomic mass is 19.1. The van der Waals surface area contributed by atoms with Crippen LogP contribution in [0.3, 0.4) is 0 Å². The van der Waals surface area contributed by atoms with Gasteiger partial charge in [-0.05, 0) is 93.7 Å². The molecule has 3 aliphatic heterocycles. The lowest BCUT2D eigenvalue weighted by Crippen LogP contribution is -2.43. The average Bonchev–Trinajstić information content (AvgIpc) is 3.24. The van der Waals surface area contributed by atoms with Gasteiger partial charge in [-0.1, -0.05) is 31.2 Å². The van der Waals surface area contributed by atoms with E-state index in [-0.39, 0.29) is 16.8 Å². The maximum Gasteiger partial charge on any atom is 0.319 e. The minimum Gasteiger partial charge on any atom is -0.461 e. The third-order valence-corrected chi connectivity index (χ3v) is 10.7. The van der Waals surface area contributed by atoms with Crippen molar-refractivity contribution in [3.63, 3.8) is 0 Å². The van der Waals surface area contributed by atoms with Gasteiger partial charge in [-0.3, -0.25) is 9.88 Å². The number of hydrogen-bond acceptors (Lipinski definition) is 6. The highest BCUT2D eigenvalue weighted by Crippen LogP contribution is 2.51. The Hall–Kier alpha value is -2.80. The molecule has 3 saturated heterocycles. The molecule has 5 aliphatic rings. The second-order valence-corrected chi connectivity index (χ2v) is 13.3. The maximum atomic E-state index is 16.6. The Labute approximate surface area is 230 Å². The monoisotopic (exact) mass is 527 g/mol. The number of halogens is 1. The number of fused-ring (bicyclic) bond motifs is 4. The molecule has 2 saturated carbocycles. The molecule has 6 nitrogen and oxygen atoms in total. The second kappa shape index (κ2) is 8.85. The SMILES string of the molecule is CC1(c2ccccc2-c2ncc3c(N4CC5CCC(C5)C4)nc(OCC45CCCN4CCC5)nc3c2F)CC1. The molecule has 1 aromatic carbocycles. The van der Waals surface area contributed by atoms with Crippen LogP contribution < -0.4 is 9.64 Å². The zero-order valence-corrected chi connectivity index (χ0v) is 23.0. The van der Waals surface area contributed by atoms with Crippen LogP contribution in [0.4, 0.5) is 10.2 Å². The molecule has 2 unspecified atom stereocenters. The summed E-state index contributed by atoms with van der Waals surface area (Å²) in [6.07, 6.45) is 12.6. The molecule has 204 valence electrons. The van der Waals surface area contributed by atoms with Crippen LogP contribution in [0, 0.1) is 17.7 Å². The first-order valence-electron chi connectivity index (χ1n) is 15.1. The fraction of sp³-hybridized carbons (Fsp3) is 0.594. The van der Waals surface area contributed by atoms with E-state index in [9.17, 15) is 0 Å². The van der Waals surface area contributed by atoms with Crippen molar-refractivity contribution in [2.24, 2.45) is 11.8 Å². The van der Waals surface area contributed by atoms with E-state index in [1.54, 1.807) is 0 Å². The molecule has 5 fully saturated rings. The maximum absolute atomic E-state index is 16.6. The van der Waals surface area contributed by atoms with Crippen molar-refractivity contribution in [2.45, 2.75) is 75.7 Å². The zero-order chi connectivity index (χ0) is 26.2. The lowest BCUT2D eigenvalue weighted by atomic mass is 9.91. The molecule has 0 amide bonds. The number of ether oxygens (including phenoxy) is 1. The third kappa shape index (κ3) is 3.94. The summed E-state index contributed by atoms with van der Waals surface area (Å²) < 4.78 is 23.0. The number of nitrogens with zero attached hydrogens (tertiary/aromatic N) is 5. The lowest BCUT2D eigenvalue weighted by molar-refractivity contribution is 0.108. The molecule has 2 aliphatic carbocycles. The normalized spacial score (nSPS) is 26.8. The van der Waals surface area contributed by atoms with Crippen molar-refractivity contribution in [2.75, 3.05) is 37.7 Å². The number of hydrogen-bond donors (Lipinski definition) is 0. The zero-order valence-electron chi connectivity index (χ0n) is 23.0. The summed E-state index contributed by atoms with van der Waals surface area (Å²) in [5.41, 5.74) is 2.96. The van der Waals surface area contributed by atoms with Crippen LogP contribution in [0.15, 0.2) is 30.5 Å². The van der Waals surface area contributed by atoms with E-state index in [0.29, 0.717) is 41.1 Å². The van der Waals surface area contributed by atoms with Crippen LogP contribution in [0.5, 0.6) is 6.01 Å². The summed E-state index contributed by atoms with van der Waals surface area (Å²) in [7, 11) is 0. The van der Waals surface area contributed by atoms with Crippen LogP contribution in [0.25, 0.3) is 22.2 Å². The fourth-order valence-corrected chi connectivity index (χ4v) is 8.23. The highest BCUT2D eigenvalue weighted by molar-refractivity contribution is 5.92. The van der Waals surface area contributed by atoms with Crippen molar-refractivity contribution in [1.82, 2.24) is 19.9 Å². The van der Waals surface area contributed by atoms with E-state index >= 15 is 4.39 Å².